The highest BCUT2D eigenvalue weighted by molar-refractivity contribution is 5.77. The summed E-state index contributed by atoms with van der Waals surface area (Å²) in [7, 11) is 0. The Bertz CT molecular complexity index is 164. The van der Waals surface area contributed by atoms with Crippen molar-refractivity contribution in [2.75, 3.05) is 0 Å². The van der Waals surface area contributed by atoms with Crippen molar-refractivity contribution in [1.82, 2.24) is 0 Å². The van der Waals surface area contributed by atoms with Crippen LogP contribution in [0.2, 0.25) is 0 Å². The zero-order chi connectivity index (χ0) is 9.56. The molecule has 0 radical (unpaired) electrons. The van der Waals surface area contributed by atoms with E-state index in [2.05, 4.69) is 0 Å². The molecule has 1 atom stereocenters. The van der Waals surface area contributed by atoms with Gasteiger partial charge >= 0.3 is 11.9 Å². The lowest BCUT2D eigenvalue weighted by molar-refractivity contribution is -0.148. The summed E-state index contributed by atoms with van der Waals surface area (Å²) in [4.78, 5) is 20.7. The summed E-state index contributed by atoms with van der Waals surface area (Å²) in [6.07, 6.45) is 1.85. The second-order valence-corrected chi connectivity index (χ2v) is 2.78. The Balaban J connectivity index is 3.87. The van der Waals surface area contributed by atoms with Crippen molar-refractivity contribution in [2.24, 2.45) is 5.92 Å². The van der Waals surface area contributed by atoms with Gasteiger partial charge in [0.25, 0.3) is 0 Å². The molecule has 0 rings (SSSR count). The Kier molecular flexibility index (Phi) is 5.08. The highest BCUT2D eigenvalue weighted by Crippen LogP contribution is 2.12. The number of hydrogen-bond acceptors (Lipinski definition) is 2. The van der Waals surface area contributed by atoms with Gasteiger partial charge in [-0.15, -0.1) is 0 Å². The van der Waals surface area contributed by atoms with Crippen LogP contribution in [-0.2, 0) is 9.59 Å². The fourth-order valence-corrected chi connectivity index (χ4v) is 0.974. The van der Waals surface area contributed by atoms with Crippen molar-refractivity contribution in [2.45, 2.75) is 32.6 Å². The first-order valence-electron chi connectivity index (χ1n) is 4.02. The van der Waals surface area contributed by atoms with Crippen molar-refractivity contribution >= 4 is 11.9 Å². The van der Waals surface area contributed by atoms with Crippen LogP contribution >= 0.6 is 0 Å². The van der Waals surface area contributed by atoms with Crippen molar-refractivity contribution in [3.63, 3.8) is 0 Å². The summed E-state index contributed by atoms with van der Waals surface area (Å²) < 4.78 is 0. The average molecular weight is 174 g/mol. The molecule has 0 aromatic carbocycles. The molecule has 0 saturated carbocycles. The lowest BCUT2D eigenvalue weighted by Gasteiger charge is -2.07. The van der Waals surface area contributed by atoms with Crippen molar-refractivity contribution in [3.05, 3.63) is 0 Å². The number of carboxylic acid groups (broad SMARTS) is 2. The zero-order valence-corrected chi connectivity index (χ0v) is 7.12. The van der Waals surface area contributed by atoms with Crippen LogP contribution in [-0.4, -0.2) is 22.2 Å². The highest BCUT2D eigenvalue weighted by Gasteiger charge is 2.19. The predicted octanol–water partition coefficient (Wildman–Crippen LogP) is 1.35. The molecule has 70 valence electrons. The van der Waals surface area contributed by atoms with Gasteiger partial charge in [0.15, 0.2) is 0 Å². The lowest BCUT2D eigenvalue weighted by Crippen LogP contribution is -2.17. The van der Waals surface area contributed by atoms with E-state index in [1.807, 2.05) is 6.92 Å². The number of carboxylic acids is 2. The van der Waals surface area contributed by atoms with Gasteiger partial charge in [0.2, 0.25) is 0 Å². The maximum absolute atomic E-state index is 10.5. The van der Waals surface area contributed by atoms with Crippen molar-refractivity contribution in [1.29, 1.82) is 0 Å². The van der Waals surface area contributed by atoms with Crippen LogP contribution in [0.3, 0.4) is 0 Å². The minimum absolute atomic E-state index is 0.269. The third kappa shape index (κ3) is 4.71. The number of aliphatic carboxylic acids is 2. The Morgan fingerprint density at radius 3 is 2.25 bits per heavy atom. The van der Waals surface area contributed by atoms with E-state index in [1.165, 1.54) is 0 Å². The third-order valence-corrected chi connectivity index (χ3v) is 1.68. The van der Waals surface area contributed by atoms with Gasteiger partial charge in [-0.3, -0.25) is 9.59 Å². The highest BCUT2D eigenvalue weighted by atomic mass is 16.4. The normalized spacial score (nSPS) is 12.4. The Labute approximate surface area is 71.2 Å². The van der Waals surface area contributed by atoms with Gasteiger partial charge in [0, 0.05) is 0 Å². The average Bonchev–Trinajstić information content (AvgIpc) is 1.96. The molecule has 0 fully saturated rings. The largest absolute Gasteiger partial charge is 0.481 e. The van der Waals surface area contributed by atoms with Crippen LogP contribution < -0.4 is 0 Å². The Morgan fingerprint density at radius 1 is 1.33 bits per heavy atom. The molecule has 0 bridgehead atoms. The zero-order valence-electron chi connectivity index (χ0n) is 7.12. The second-order valence-electron chi connectivity index (χ2n) is 2.78. The van der Waals surface area contributed by atoms with Gasteiger partial charge in [0.1, 0.15) is 0 Å². The van der Waals surface area contributed by atoms with E-state index < -0.39 is 17.9 Å². The van der Waals surface area contributed by atoms with Crippen LogP contribution in [0.1, 0.15) is 32.6 Å². The smallest absolute Gasteiger partial charge is 0.307 e. The van der Waals surface area contributed by atoms with Crippen LogP contribution in [0.4, 0.5) is 0 Å². The summed E-state index contributed by atoms with van der Waals surface area (Å²) in [5.74, 6) is -2.77. The number of hydrogen-bond donors (Lipinski definition) is 2. The molecule has 0 aromatic rings. The van der Waals surface area contributed by atoms with E-state index >= 15 is 0 Å². The van der Waals surface area contributed by atoms with Gasteiger partial charge in [-0.1, -0.05) is 19.8 Å². The molecule has 12 heavy (non-hydrogen) atoms. The Hall–Kier alpha value is -1.06. The summed E-state index contributed by atoms with van der Waals surface area (Å²) in [6, 6.07) is 0. The summed E-state index contributed by atoms with van der Waals surface area (Å²) in [5, 5.41) is 17.0. The van der Waals surface area contributed by atoms with E-state index in [0.717, 1.165) is 12.8 Å². The Morgan fingerprint density at radius 2 is 1.92 bits per heavy atom. The number of rotatable bonds is 6. The lowest BCUT2D eigenvalue weighted by atomic mass is 9.99. The summed E-state index contributed by atoms with van der Waals surface area (Å²) in [6.45, 7) is 1.94. The molecule has 0 aliphatic rings. The molecule has 4 nitrogen and oxygen atoms in total. The molecule has 4 heteroatoms. The quantitative estimate of drug-likeness (QED) is 0.637. The third-order valence-electron chi connectivity index (χ3n) is 1.68. The van der Waals surface area contributed by atoms with E-state index in [1.54, 1.807) is 0 Å². The predicted molar refractivity (Wildman–Crippen MR) is 42.9 cm³/mol. The van der Waals surface area contributed by atoms with Crippen molar-refractivity contribution < 1.29 is 19.8 Å². The fraction of sp³-hybridized carbons (Fsp3) is 0.750. The molecule has 0 aromatic heterocycles. The van der Waals surface area contributed by atoms with Crippen molar-refractivity contribution in [3.8, 4) is 0 Å². The molecule has 0 spiro atoms. The minimum atomic E-state index is -1.04. The fourth-order valence-electron chi connectivity index (χ4n) is 0.974. The first kappa shape index (κ1) is 10.9. The standard InChI is InChI=1S/C8H14O4/c1-2-3-4-6(8(11)12)5-7(9)10/h6H,2-5H2,1H3,(H,9,10)(H,11,12)/t6-/m1/s1. The molecule has 0 saturated heterocycles. The van der Waals surface area contributed by atoms with Gasteiger partial charge < -0.3 is 10.2 Å². The van der Waals surface area contributed by atoms with Gasteiger partial charge in [-0.05, 0) is 6.42 Å². The van der Waals surface area contributed by atoms with E-state index in [-0.39, 0.29) is 6.42 Å². The molecular weight excluding hydrogens is 160 g/mol. The van der Waals surface area contributed by atoms with Crippen LogP contribution in [0.25, 0.3) is 0 Å². The maximum atomic E-state index is 10.5. The SMILES string of the molecule is CCCC[C@H](CC(=O)O)C(=O)O. The molecule has 0 amide bonds. The molecule has 0 unspecified atom stereocenters. The van der Waals surface area contributed by atoms with Gasteiger partial charge in [0.05, 0.1) is 12.3 Å². The topological polar surface area (TPSA) is 74.6 Å². The minimum Gasteiger partial charge on any atom is -0.481 e. The maximum Gasteiger partial charge on any atom is 0.307 e. The number of carbonyl (C=O) groups is 2. The summed E-state index contributed by atoms with van der Waals surface area (Å²) >= 11 is 0. The second kappa shape index (κ2) is 5.57. The van der Waals surface area contributed by atoms with E-state index in [4.69, 9.17) is 10.2 Å². The molecule has 0 heterocycles. The monoisotopic (exact) mass is 174 g/mol. The molecule has 0 aliphatic carbocycles. The molecular formula is C8H14O4. The van der Waals surface area contributed by atoms with Crippen LogP contribution in [0, 0.1) is 5.92 Å². The van der Waals surface area contributed by atoms with Crippen LogP contribution in [0.5, 0.6) is 0 Å². The molecule has 0 aliphatic heterocycles. The van der Waals surface area contributed by atoms with Gasteiger partial charge in [-0.25, -0.2) is 0 Å². The number of unbranched alkanes of at least 4 members (excludes halogenated alkanes) is 1. The van der Waals surface area contributed by atoms with Crippen LogP contribution in [0.15, 0.2) is 0 Å². The van der Waals surface area contributed by atoms with Gasteiger partial charge in [-0.2, -0.15) is 0 Å². The van der Waals surface area contributed by atoms with E-state index in [9.17, 15) is 9.59 Å². The molecule has 2 N–H and O–H groups in total. The van der Waals surface area contributed by atoms with E-state index in [0.29, 0.717) is 6.42 Å². The first-order valence-corrected chi connectivity index (χ1v) is 4.02. The summed E-state index contributed by atoms with van der Waals surface area (Å²) in [5.41, 5.74) is 0. The first-order chi connectivity index (χ1) is 5.57.